The van der Waals surface area contributed by atoms with Crippen LogP contribution in [0.1, 0.15) is 271 Å². The second-order valence-corrected chi connectivity index (χ2v) is 20.9. The van der Waals surface area contributed by atoms with Crippen LogP contribution in [0, 0.1) is 0 Å². The first kappa shape index (κ1) is 75.0. The second kappa shape index (κ2) is 66.5. The van der Waals surface area contributed by atoms with Crippen molar-refractivity contribution in [2.75, 3.05) is 13.2 Å². The van der Waals surface area contributed by atoms with Crippen molar-refractivity contribution in [2.45, 2.75) is 277 Å². The van der Waals surface area contributed by atoms with Gasteiger partial charge >= 0.3 is 17.9 Å². The molecule has 0 aliphatic carbocycles. The van der Waals surface area contributed by atoms with E-state index in [-0.39, 0.29) is 37.5 Å². The second-order valence-electron chi connectivity index (χ2n) is 20.9. The zero-order valence-electron chi connectivity index (χ0n) is 51.5. The molecule has 0 saturated heterocycles. The lowest BCUT2D eigenvalue weighted by Crippen LogP contribution is -2.30. The maximum Gasteiger partial charge on any atom is 0.306 e. The van der Waals surface area contributed by atoms with Gasteiger partial charge in [-0.2, -0.15) is 0 Å². The van der Waals surface area contributed by atoms with Gasteiger partial charge in [-0.15, -0.1) is 0 Å². The topological polar surface area (TPSA) is 78.9 Å². The first-order valence-corrected chi connectivity index (χ1v) is 32.5. The predicted molar refractivity (Wildman–Crippen MR) is 348 cm³/mol. The van der Waals surface area contributed by atoms with E-state index in [2.05, 4.69) is 179 Å². The lowest BCUT2D eigenvalue weighted by Gasteiger charge is -2.18. The van der Waals surface area contributed by atoms with E-state index in [4.69, 9.17) is 14.2 Å². The van der Waals surface area contributed by atoms with Crippen LogP contribution in [0.15, 0.2) is 158 Å². The van der Waals surface area contributed by atoms with Gasteiger partial charge in [0.2, 0.25) is 0 Å². The molecule has 0 radical (unpaired) electrons. The maximum atomic E-state index is 12.9. The summed E-state index contributed by atoms with van der Waals surface area (Å²) in [4.78, 5) is 38.3. The highest BCUT2D eigenvalue weighted by molar-refractivity contribution is 5.71. The molecule has 0 fully saturated rings. The fourth-order valence-electron chi connectivity index (χ4n) is 8.45. The van der Waals surface area contributed by atoms with Gasteiger partial charge in [0.15, 0.2) is 6.10 Å². The third-order valence-electron chi connectivity index (χ3n) is 13.2. The molecule has 0 heterocycles. The van der Waals surface area contributed by atoms with E-state index in [1.807, 2.05) is 0 Å². The molecule has 0 spiro atoms. The van der Waals surface area contributed by atoms with Crippen molar-refractivity contribution in [1.82, 2.24) is 0 Å². The molecule has 1 atom stereocenters. The highest BCUT2D eigenvalue weighted by Gasteiger charge is 2.19. The minimum Gasteiger partial charge on any atom is -0.462 e. The largest absolute Gasteiger partial charge is 0.462 e. The molecule has 0 aliphatic heterocycles. The predicted octanol–water partition coefficient (Wildman–Crippen LogP) is 22.5. The summed E-state index contributed by atoms with van der Waals surface area (Å²) in [6, 6.07) is 0. The third-order valence-corrected chi connectivity index (χ3v) is 13.2. The van der Waals surface area contributed by atoms with E-state index in [1.54, 1.807) is 0 Å². The molecule has 0 N–H and O–H groups in total. The average molecular weight is 1100 g/mol. The van der Waals surface area contributed by atoms with Crippen molar-refractivity contribution >= 4 is 17.9 Å². The van der Waals surface area contributed by atoms with Gasteiger partial charge in [-0.05, 0) is 141 Å². The molecule has 80 heavy (non-hydrogen) atoms. The number of unbranched alkanes of at least 4 members (excludes halogenated alkanes) is 20. The quantitative estimate of drug-likeness (QED) is 0.0261. The number of hydrogen-bond donors (Lipinski definition) is 0. The molecule has 0 aromatic rings. The van der Waals surface area contributed by atoms with E-state index < -0.39 is 6.10 Å². The minimum atomic E-state index is -0.821. The summed E-state index contributed by atoms with van der Waals surface area (Å²) >= 11 is 0. The van der Waals surface area contributed by atoms with Crippen LogP contribution >= 0.6 is 0 Å². The van der Waals surface area contributed by atoms with Gasteiger partial charge in [-0.25, -0.2) is 0 Å². The number of hydrogen-bond acceptors (Lipinski definition) is 6. The SMILES string of the molecule is CC/C=C\C/C=C\C/C=C\C/C=C\C/C=C\C/C=C\C/C=C\CCCCCCCC(=O)OCC(COC(=O)CCC/C=C\C/C=C\C/C=C\C/C=C\C/C=C\CC)OC(=O)CCCCCCCCC/C=C\CCCCCCCCC. The van der Waals surface area contributed by atoms with Crippen LogP contribution in [-0.4, -0.2) is 37.2 Å². The molecule has 0 rings (SSSR count). The number of ether oxygens (including phenoxy) is 3. The molecular formula is C74H118O6. The fraction of sp³-hybridized carbons (Fsp3) is 0.608. The van der Waals surface area contributed by atoms with Crippen LogP contribution in [-0.2, 0) is 28.6 Å². The molecule has 0 saturated carbocycles. The molecule has 0 aromatic heterocycles. The van der Waals surface area contributed by atoms with Crippen molar-refractivity contribution in [3.8, 4) is 0 Å². The Morgan fingerprint density at radius 3 is 0.825 bits per heavy atom. The van der Waals surface area contributed by atoms with E-state index in [0.29, 0.717) is 19.3 Å². The Morgan fingerprint density at radius 2 is 0.500 bits per heavy atom. The summed E-state index contributed by atoms with van der Waals surface area (Å²) in [7, 11) is 0. The van der Waals surface area contributed by atoms with Gasteiger partial charge in [0.1, 0.15) is 13.2 Å². The Balaban J connectivity index is 4.50. The van der Waals surface area contributed by atoms with Crippen molar-refractivity contribution in [3.05, 3.63) is 158 Å². The molecule has 6 heteroatoms. The highest BCUT2D eigenvalue weighted by Crippen LogP contribution is 2.14. The van der Waals surface area contributed by atoms with Crippen LogP contribution in [0.4, 0.5) is 0 Å². The first-order valence-electron chi connectivity index (χ1n) is 32.5. The van der Waals surface area contributed by atoms with Crippen molar-refractivity contribution in [2.24, 2.45) is 0 Å². The van der Waals surface area contributed by atoms with Crippen LogP contribution < -0.4 is 0 Å². The number of rotatable bonds is 57. The van der Waals surface area contributed by atoms with Gasteiger partial charge in [0, 0.05) is 19.3 Å². The summed E-state index contributed by atoms with van der Waals surface area (Å²) in [6.07, 6.45) is 96.8. The summed E-state index contributed by atoms with van der Waals surface area (Å²) < 4.78 is 16.9. The molecule has 6 nitrogen and oxygen atoms in total. The molecule has 0 aliphatic rings. The molecule has 0 bridgehead atoms. The number of esters is 3. The van der Waals surface area contributed by atoms with Gasteiger partial charge < -0.3 is 14.2 Å². The number of carbonyl (C=O) groups excluding carboxylic acids is 3. The molecule has 0 amide bonds. The maximum absolute atomic E-state index is 12.9. The summed E-state index contributed by atoms with van der Waals surface area (Å²) in [5.74, 6) is -0.997. The van der Waals surface area contributed by atoms with Crippen molar-refractivity contribution < 1.29 is 28.6 Å². The Bertz CT molecular complexity index is 1790. The monoisotopic (exact) mass is 1100 g/mol. The molecule has 0 aromatic carbocycles. The van der Waals surface area contributed by atoms with Crippen LogP contribution in [0.25, 0.3) is 0 Å². The lowest BCUT2D eigenvalue weighted by atomic mass is 10.1. The van der Waals surface area contributed by atoms with Crippen LogP contribution in [0.3, 0.4) is 0 Å². The Hall–Kier alpha value is -4.97. The lowest BCUT2D eigenvalue weighted by molar-refractivity contribution is -0.167. The average Bonchev–Trinajstić information content (AvgIpc) is 3.46. The van der Waals surface area contributed by atoms with Gasteiger partial charge in [-0.1, -0.05) is 269 Å². The third kappa shape index (κ3) is 63.9. The smallest absolute Gasteiger partial charge is 0.306 e. The summed E-state index contributed by atoms with van der Waals surface area (Å²) in [5.41, 5.74) is 0. The van der Waals surface area contributed by atoms with E-state index in [0.717, 1.165) is 141 Å². The van der Waals surface area contributed by atoms with Crippen LogP contribution in [0.2, 0.25) is 0 Å². The zero-order valence-corrected chi connectivity index (χ0v) is 51.5. The molecular weight excluding hydrogens is 985 g/mol. The number of carbonyl (C=O) groups is 3. The highest BCUT2D eigenvalue weighted by atomic mass is 16.6. The van der Waals surface area contributed by atoms with Crippen LogP contribution in [0.5, 0.6) is 0 Å². The number of allylic oxidation sites excluding steroid dienone is 26. The summed E-state index contributed by atoms with van der Waals surface area (Å²) in [5, 5.41) is 0. The van der Waals surface area contributed by atoms with Crippen molar-refractivity contribution in [3.63, 3.8) is 0 Å². The Morgan fingerprint density at radius 1 is 0.263 bits per heavy atom. The minimum absolute atomic E-state index is 0.114. The Labute approximate surface area is 492 Å². The van der Waals surface area contributed by atoms with E-state index >= 15 is 0 Å². The van der Waals surface area contributed by atoms with Gasteiger partial charge in [0.25, 0.3) is 0 Å². The van der Waals surface area contributed by atoms with Crippen molar-refractivity contribution in [1.29, 1.82) is 0 Å². The first-order chi connectivity index (χ1) is 39.5. The normalized spacial score (nSPS) is 13.2. The fourth-order valence-corrected chi connectivity index (χ4v) is 8.45. The molecule has 1 unspecified atom stereocenters. The molecule has 450 valence electrons. The van der Waals surface area contributed by atoms with Gasteiger partial charge in [0.05, 0.1) is 0 Å². The van der Waals surface area contributed by atoms with E-state index in [9.17, 15) is 14.4 Å². The van der Waals surface area contributed by atoms with Gasteiger partial charge in [-0.3, -0.25) is 14.4 Å². The Kier molecular flexibility index (Phi) is 62.4. The zero-order chi connectivity index (χ0) is 57.8. The van der Waals surface area contributed by atoms with E-state index in [1.165, 1.54) is 83.5 Å². The standard InChI is InChI=1S/C74H118O6/c1-4-7-10-13-16-19-22-25-28-31-33-34-35-36-37-38-39-40-41-44-46-49-52-55-58-61-64-67-73(76)79-70-71(69-78-72(75)66-63-60-57-54-51-48-45-42-30-27-24-21-18-15-12-9-6-3)80-74(77)68-65-62-59-56-53-50-47-43-32-29-26-23-20-17-14-11-8-5-2/h7,9-10,12,16,18-19,21,25,27-30,32-34,36-37,39-40,44-46,48,54,57,71H,4-6,8,11,13-15,17,20,22-24,26,31,35,38,41-43,47,49-53,55-56,58-70H2,1-3H3/b10-7-,12-9-,19-16-,21-18-,28-25-,30-27-,32-29-,34-33-,37-36-,40-39-,46-44-,48-45-,57-54-. The summed E-state index contributed by atoms with van der Waals surface area (Å²) in [6.45, 7) is 6.34.